The molecule has 0 fully saturated rings. The van der Waals surface area contributed by atoms with Gasteiger partial charge in [-0.25, -0.2) is 4.98 Å². The second kappa shape index (κ2) is 5.87. The van der Waals surface area contributed by atoms with E-state index in [0.717, 1.165) is 22.4 Å². The third kappa shape index (κ3) is 2.65. The number of pyridine rings is 1. The fraction of sp³-hybridized carbons (Fsp3) is 0.0500. The average Bonchev–Trinajstić information content (AvgIpc) is 2.65. The molecule has 0 saturated carbocycles. The molecule has 25 heavy (non-hydrogen) atoms. The Hall–Kier alpha value is -3.47. The molecule has 0 radical (unpaired) electrons. The van der Waals surface area contributed by atoms with Crippen molar-refractivity contribution in [2.75, 3.05) is 0 Å². The van der Waals surface area contributed by atoms with Gasteiger partial charge in [-0.2, -0.15) is 0 Å². The Morgan fingerprint density at radius 3 is 2.68 bits per heavy atom. The summed E-state index contributed by atoms with van der Waals surface area (Å²) >= 11 is 0. The van der Waals surface area contributed by atoms with E-state index in [2.05, 4.69) is 9.97 Å². The van der Waals surface area contributed by atoms with Gasteiger partial charge in [0.1, 0.15) is 5.75 Å². The highest BCUT2D eigenvalue weighted by Crippen LogP contribution is 2.32. The molecule has 0 saturated heterocycles. The van der Waals surface area contributed by atoms with E-state index in [4.69, 9.17) is 0 Å². The minimum Gasteiger partial charge on any atom is -0.508 e. The van der Waals surface area contributed by atoms with Gasteiger partial charge < -0.3 is 9.67 Å². The first-order valence-corrected chi connectivity index (χ1v) is 7.84. The zero-order valence-electron chi connectivity index (χ0n) is 13.5. The summed E-state index contributed by atoms with van der Waals surface area (Å²) in [6.07, 6.45) is 3.23. The van der Waals surface area contributed by atoms with Crippen LogP contribution in [0.4, 0.5) is 0 Å². The van der Waals surface area contributed by atoms with Gasteiger partial charge in [-0.3, -0.25) is 9.78 Å². The van der Waals surface area contributed by atoms with Crippen molar-refractivity contribution in [3.63, 3.8) is 0 Å². The van der Waals surface area contributed by atoms with E-state index in [1.165, 1.54) is 10.9 Å². The van der Waals surface area contributed by atoms with Gasteiger partial charge in [0, 0.05) is 24.4 Å². The van der Waals surface area contributed by atoms with Crippen LogP contribution in [0.5, 0.6) is 5.75 Å². The van der Waals surface area contributed by atoms with E-state index in [1.807, 2.05) is 36.4 Å². The minimum atomic E-state index is -0.0883. The van der Waals surface area contributed by atoms with Gasteiger partial charge in [-0.05, 0) is 35.9 Å². The normalized spacial score (nSPS) is 10.9. The number of aromatic hydroxyl groups is 1. The highest BCUT2D eigenvalue weighted by atomic mass is 16.3. The monoisotopic (exact) mass is 329 g/mol. The van der Waals surface area contributed by atoms with Crippen LogP contribution in [0.1, 0.15) is 0 Å². The number of aromatic nitrogens is 3. The Balaban J connectivity index is 1.95. The van der Waals surface area contributed by atoms with Crippen molar-refractivity contribution in [3.05, 3.63) is 77.5 Å². The van der Waals surface area contributed by atoms with Crippen LogP contribution < -0.4 is 5.56 Å². The van der Waals surface area contributed by atoms with Crippen molar-refractivity contribution in [2.24, 2.45) is 7.05 Å². The Kier molecular flexibility index (Phi) is 3.54. The standard InChI is InChI=1S/C20H15N3O2/c1-23-12-22-18-8-7-13(11-17(18)20(23)25)16-6-3-9-21-19(16)14-4-2-5-15(24)10-14/h2-12,24H,1H3. The summed E-state index contributed by atoms with van der Waals surface area (Å²) in [6, 6.07) is 16.4. The molecule has 0 aliphatic heterocycles. The molecule has 5 heteroatoms. The first kappa shape index (κ1) is 15.1. The quantitative estimate of drug-likeness (QED) is 0.612. The van der Waals surface area contributed by atoms with Gasteiger partial charge in [-0.1, -0.05) is 24.3 Å². The highest BCUT2D eigenvalue weighted by molar-refractivity contribution is 5.88. The number of phenolic OH excluding ortho intramolecular Hbond substituents is 1. The second-order valence-electron chi connectivity index (χ2n) is 5.84. The van der Waals surface area contributed by atoms with Crippen LogP contribution in [0.3, 0.4) is 0 Å². The molecule has 2 aromatic heterocycles. The van der Waals surface area contributed by atoms with Crippen LogP contribution in [0.25, 0.3) is 33.3 Å². The minimum absolute atomic E-state index is 0.0883. The molecular weight excluding hydrogens is 314 g/mol. The molecule has 1 N–H and O–H groups in total. The number of phenols is 1. The van der Waals surface area contributed by atoms with Crippen LogP contribution in [0, 0.1) is 0 Å². The number of benzene rings is 2. The summed E-state index contributed by atoms with van der Waals surface area (Å²) in [6.45, 7) is 0. The summed E-state index contributed by atoms with van der Waals surface area (Å²) in [7, 11) is 1.68. The molecular formula is C20H15N3O2. The second-order valence-corrected chi connectivity index (χ2v) is 5.84. The largest absolute Gasteiger partial charge is 0.508 e. The highest BCUT2D eigenvalue weighted by Gasteiger charge is 2.11. The van der Waals surface area contributed by atoms with Gasteiger partial charge in [0.2, 0.25) is 0 Å². The summed E-state index contributed by atoms with van der Waals surface area (Å²) in [4.78, 5) is 21.1. The predicted octanol–water partition coefficient (Wildman–Crippen LogP) is 3.37. The Bertz CT molecular complexity index is 1150. The zero-order valence-corrected chi connectivity index (χ0v) is 13.5. The number of aryl methyl sites for hydroxylation is 1. The first-order chi connectivity index (χ1) is 12.1. The topological polar surface area (TPSA) is 68.0 Å². The third-order valence-electron chi connectivity index (χ3n) is 4.16. The van der Waals surface area contributed by atoms with Gasteiger partial charge >= 0.3 is 0 Å². The number of fused-ring (bicyclic) bond motifs is 1. The Morgan fingerprint density at radius 1 is 0.960 bits per heavy atom. The number of rotatable bonds is 2. The maximum atomic E-state index is 12.4. The van der Waals surface area contributed by atoms with Crippen molar-refractivity contribution in [1.29, 1.82) is 0 Å². The molecule has 5 nitrogen and oxygen atoms in total. The van der Waals surface area contributed by atoms with Crippen LogP contribution in [-0.4, -0.2) is 19.6 Å². The van der Waals surface area contributed by atoms with E-state index in [9.17, 15) is 9.90 Å². The van der Waals surface area contributed by atoms with E-state index < -0.39 is 0 Å². The smallest absolute Gasteiger partial charge is 0.260 e. The van der Waals surface area contributed by atoms with Gasteiger partial charge in [0.15, 0.2) is 0 Å². The van der Waals surface area contributed by atoms with Crippen LogP contribution in [-0.2, 0) is 7.05 Å². The average molecular weight is 329 g/mol. The fourth-order valence-electron chi connectivity index (χ4n) is 2.90. The van der Waals surface area contributed by atoms with E-state index in [0.29, 0.717) is 10.9 Å². The number of hydrogen-bond acceptors (Lipinski definition) is 4. The number of hydrogen-bond donors (Lipinski definition) is 1. The third-order valence-corrected chi connectivity index (χ3v) is 4.16. The molecule has 0 atom stereocenters. The lowest BCUT2D eigenvalue weighted by atomic mass is 9.98. The fourth-order valence-corrected chi connectivity index (χ4v) is 2.90. The van der Waals surface area contributed by atoms with E-state index >= 15 is 0 Å². The SMILES string of the molecule is Cn1cnc2ccc(-c3cccnc3-c3cccc(O)c3)cc2c1=O. The summed E-state index contributed by atoms with van der Waals surface area (Å²) in [5.41, 5.74) is 3.91. The molecule has 0 unspecified atom stereocenters. The Labute approximate surface area is 143 Å². The van der Waals surface area contributed by atoms with Crippen LogP contribution in [0.2, 0.25) is 0 Å². The van der Waals surface area contributed by atoms with E-state index in [-0.39, 0.29) is 11.3 Å². The van der Waals surface area contributed by atoms with Gasteiger partial charge in [0.25, 0.3) is 5.56 Å². The van der Waals surface area contributed by atoms with Crippen molar-refractivity contribution in [1.82, 2.24) is 14.5 Å². The van der Waals surface area contributed by atoms with Gasteiger partial charge in [0.05, 0.1) is 22.9 Å². The van der Waals surface area contributed by atoms with Crippen LogP contribution in [0.15, 0.2) is 71.9 Å². The lowest BCUT2D eigenvalue weighted by Crippen LogP contribution is -2.16. The maximum Gasteiger partial charge on any atom is 0.260 e. The van der Waals surface area contributed by atoms with Crippen LogP contribution >= 0.6 is 0 Å². The molecule has 2 heterocycles. The van der Waals surface area contributed by atoms with Gasteiger partial charge in [-0.15, -0.1) is 0 Å². The molecule has 0 bridgehead atoms. The Morgan fingerprint density at radius 2 is 1.84 bits per heavy atom. The molecule has 4 rings (SSSR count). The van der Waals surface area contributed by atoms with Crippen molar-refractivity contribution in [2.45, 2.75) is 0 Å². The summed E-state index contributed by atoms with van der Waals surface area (Å²) in [5, 5.41) is 10.3. The number of nitrogens with zero attached hydrogens (tertiary/aromatic N) is 3. The molecule has 0 spiro atoms. The molecule has 2 aromatic carbocycles. The molecule has 4 aromatic rings. The summed E-state index contributed by atoms with van der Waals surface area (Å²) in [5.74, 6) is 0.186. The maximum absolute atomic E-state index is 12.4. The lowest BCUT2D eigenvalue weighted by Gasteiger charge is -2.10. The van der Waals surface area contributed by atoms with Crippen molar-refractivity contribution < 1.29 is 5.11 Å². The summed E-state index contributed by atoms with van der Waals surface area (Å²) < 4.78 is 1.46. The molecule has 0 aliphatic rings. The van der Waals surface area contributed by atoms with E-state index in [1.54, 1.807) is 31.4 Å². The van der Waals surface area contributed by atoms with Crippen molar-refractivity contribution in [3.8, 4) is 28.1 Å². The molecule has 0 aliphatic carbocycles. The first-order valence-electron chi connectivity index (χ1n) is 7.84. The van der Waals surface area contributed by atoms with Crippen molar-refractivity contribution >= 4 is 10.9 Å². The zero-order chi connectivity index (χ0) is 17.4. The molecule has 0 amide bonds. The predicted molar refractivity (Wildman–Crippen MR) is 97.3 cm³/mol. The molecule has 122 valence electrons. The lowest BCUT2D eigenvalue weighted by molar-refractivity contribution is 0.475.